The van der Waals surface area contributed by atoms with Crippen molar-refractivity contribution in [2.45, 2.75) is 12.2 Å². The summed E-state index contributed by atoms with van der Waals surface area (Å²) in [6.07, 6.45) is 0.819. The van der Waals surface area contributed by atoms with Gasteiger partial charge >= 0.3 is 0 Å². The smallest absolute Gasteiger partial charge is 0.218 e. The molecule has 19 heavy (non-hydrogen) atoms. The van der Waals surface area contributed by atoms with Gasteiger partial charge in [0.2, 0.25) is 10.0 Å². The Morgan fingerprint density at radius 1 is 1.26 bits per heavy atom. The van der Waals surface area contributed by atoms with Crippen LogP contribution in [0.1, 0.15) is 17.5 Å². The minimum Gasteiger partial charge on any atom is -0.315 e. The molecule has 1 heterocycles. The van der Waals surface area contributed by atoms with Gasteiger partial charge in [-0.3, -0.25) is 0 Å². The molecule has 0 atom stereocenters. The molecular formula is C13H17N3O2S. The van der Waals surface area contributed by atoms with E-state index in [1.165, 1.54) is 4.31 Å². The quantitative estimate of drug-likeness (QED) is 0.883. The van der Waals surface area contributed by atoms with Gasteiger partial charge in [-0.05, 0) is 24.6 Å². The van der Waals surface area contributed by atoms with Crippen LogP contribution >= 0.6 is 0 Å². The summed E-state index contributed by atoms with van der Waals surface area (Å²) >= 11 is 0. The zero-order chi connectivity index (χ0) is 13.7. The molecule has 1 aliphatic heterocycles. The number of sulfonamides is 1. The highest BCUT2D eigenvalue weighted by Gasteiger charge is 2.24. The van der Waals surface area contributed by atoms with Crippen molar-refractivity contribution in [3.63, 3.8) is 0 Å². The van der Waals surface area contributed by atoms with Crippen LogP contribution in [0.4, 0.5) is 0 Å². The summed E-state index contributed by atoms with van der Waals surface area (Å²) in [7, 11) is -3.35. The first kappa shape index (κ1) is 14.0. The SMILES string of the molecule is N#Cc1ccccc1CS(=O)(=O)N1CCCNCC1. The fourth-order valence-corrected chi connectivity index (χ4v) is 3.75. The van der Waals surface area contributed by atoms with E-state index in [2.05, 4.69) is 5.32 Å². The summed E-state index contributed by atoms with van der Waals surface area (Å²) < 4.78 is 26.2. The zero-order valence-corrected chi connectivity index (χ0v) is 11.5. The topological polar surface area (TPSA) is 73.2 Å². The normalized spacial score (nSPS) is 17.6. The minimum atomic E-state index is -3.35. The van der Waals surface area contributed by atoms with Crippen LogP contribution in [0.2, 0.25) is 0 Å². The average molecular weight is 279 g/mol. The Morgan fingerprint density at radius 3 is 2.84 bits per heavy atom. The molecule has 0 amide bonds. The molecule has 1 aromatic rings. The second-order valence-corrected chi connectivity index (χ2v) is 6.50. The Hall–Kier alpha value is -1.42. The fourth-order valence-electron chi connectivity index (χ4n) is 2.14. The molecule has 6 heteroatoms. The predicted octanol–water partition coefficient (Wildman–Crippen LogP) is 0.683. The molecule has 1 aliphatic rings. The molecule has 5 nitrogen and oxygen atoms in total. The maximum absolute atomic E-state index is 12.4. The highest BCUT2D eigenvalue weighted by molar-refractivity contribution is 7.88. The molecule has 102 valence electrons. The van der Waals surface area contributed by atoms with Crippen molar-refractivity contribution < 1.29 is 8.42 Å². The molecule has 0 unspecified atom stereocenters. The lowest BCUT2D eigenvalue weighted by Gasteiger charge is -2.19. The van der Waals surface area contributed by atoms with Crippen LogP contribution in [0.25, 0.3) is 0 Å². The molecule has 0 aliphatic carbocycles. The molecule has 1 N–H and O–H groups in total. The molecule has 2 rings (SSSR count). The first-order chi connectivity index (χ1) is 9.13. The van der Waals surface area contributed by atoms with Crippen molar-refractivity contribution in [1.82, 2.24) is 9.62 Å². The van der Waals surface area contributed by atoms with Gasteiger partial charge in [0.15, 0.2) is 0 Å². The standard InChI is InChI=1S/C13H17N3O2S/c14-10-12-4-1-2-5-13(12)11-19(17,18)16-8-3-6-15-7-9-16/h1-2,4-5,15H,3,6-9,11H2. The van der Waals surface area contributed by atoms with E-state index in [9.17, 15) is 8.42 Å². The second kappa shape index (κ2) is 6.15. The van der Waals surface area contributed by atoms with Gasteiger partial charge in [-0.1, -0.05) is 18.2 Å². The highest BCUT2D eigenvalue weighted by Crippen LogP contribution is 2.15. The Balaban J connectivity index is 2.18. The van der Waals surface area contributed by atoms with E-state index in [1.807, 2.05) is 6.07 Å². The monoisotopic (exact) mass is 279 g/mol. The maximum Gasteiger partial charge on any atom is 0.218 e. The van der Waals surface area contributed by atoms with Crippen LogP contribution in [-0.2, 0) is 15.8 Å². The van der Waals surface area contributed by atoms with Gasteiger partial charge in [-0.2, -0.15) is 5.26 Å². The summed E-state index contributed by atoms with van der Waals surface area (Å²) in [6.45, 7) is 2.57. The van der Waals surface area contributed by atoms with Crippen LogP contribution in [-0.4, -0.2) is 38.9 Å². The van der Waals surface area contributed by atoms with E-state index in [4.69, 9.17) is 5.26 Å². The van der Waals surface area contributed by atoms with E-state index in [-0.39, 0.29) is 5.75 Å². The van der Waals surface area contributed by atoms with Crippen LogP contribution in [0.15, 0.2) is 24.3 Å². The summed E-state index contributed by atoms with van der Waals surface area (Å²) in [5, 5.41) is 12.2. The van der Waals surface area contributed by atoms with E-state index < -0.39 is 10.0 Å². The molecule has 1 fully saturated rings. The van der Waals surface area contributed by atoms with Gasteiger partial charge in [-0.25, -0.2) is 12.7 Å². The first-order valence-electron chi connectivity index (χ1n) is 6.30. The lowest BCUT2D eigenvalue weighted by Crippen LogP contribution is -2.35. The van der Waals surface area contributed by atoms with Crippen molar-refractivity contribution in [3.8, 4) is 6.07 Å². The summed E-state index contributed by atoms with van der Waals surface area (Å²) in [6, 6.07) is 8.89. The molecular weight excluding hydrogens is 262 g/mol. The van der Waals surface area contributed by atoms with Gasteiger partial charge in [0.1, 0.15) is 0 Å². The highest BCUT2D eigenvalue weighted by atomic mass is 32.2. The predicted molar refractivity (Wildman–Crippen MR) is 72.8 cm³/mol. The Labute approximate surface area is 113 Å². The molecule has 0 saturated carbocycles. The Bertz CT molecular complexity index is 570. The number of benzene rings is 1. The maximum atomic E-state index is 12.4. The lowest BCUT2D eigenvalue weighted by molar-refractivity contribution is 0.431. The lowest BCUT2D eigenvalue weighted by atomic mass is 10.1. The number of hydrogen-bond acceptors (Lipinski definition) is 4. The number of hydrogen-bond donors (Lipinski definition) is 1. The fraction of sp³-hybridized carbons (Fsp3) is 0.462. The third kappa shape index (κ3) is 3.53. The van der Waals surface area contributed by atoms with E-state index in [0.29, 0.717) is 30.8 Å². The van der Waals surface area contributed by atoms with E-state index in [0.717, 1.165) is 13.0 Å². The van der Waals surface area contributed by atoms with E-state index >= 15 is 0 Å². The second-order valence-electron chi connectivity index (χ2n) is 4.53. The molecule has 0 bridgehead atoms. The third-order valence-corrected chi connectivity index (χ3v) is 5.00. The zero-order valence-electron chi connectivity index (χ0n) is 10.7. The average Bonchev–Trinajstić information content (AvgIpc) is 2.68. The molecule has 0 spiro atoms. The van der Waals surface area contributed by atoms with Crippen LogP contribution < -0.4 is 5.32 Å². The van der Waals surface area contributed by atoms with Gasteiger partial charge in [0.05, 0.1) is 17.4 Å². The summed E-state index contributed by atoms with van der Waals surface area (Å²) in [5.74, 6) is -0.100. The Morgan fingerprint density at radius 2 is 2.05 bits per heavy atom. The third-order valence-electron chi connectivity index (χ3n) is 3.17. The number of nitrogens with zero attached hydrogens (tertiary/aromatic N) is 2. The summed E-state index contributed by atoms with van der Waals surface area (Å²) in [5.41, 5.74) is 1.00. The van der Waals surface area contributed by atoms with E-state index in [1.54, 1.807) is 24.3 Å². The van der Waals surface area contributed by atoms with Crippen molar-refractivity contribution in [1.29, 1.82) is 5.26 Å². The van der Waals surface area contributed by atoms with Crippen LogP contribution in [0.3, 0.4) is 0 Å². The van der Waals surface area contributed by atoms with Crippen LogP contribution in [0.5, 0.6) is 0 Å². The largest absolute Gasteiger partial charge is 0.315 e. The van der Waals surface area contributed by atoms with Crippen molar-refractivity contribution >= 4 is 10.0 Å². The minimum absolute atomic E-state index is 0.100. The molecule has 0 radical (unpaired) electrons. The Kier molecular flexibility index (Phi) is 4.53. The van der Waals surface area contributed by atoms with Crippen molar-refractivity contribution in [2.75, 3.05) is 26.2 Å². The van der Waals surface area contributed by atoms with Crippen LogP contribution in [0, 0.1) is 11.3 Å². The van der Waals surface area contributed by atoms with Gasteiger partial charge in [-0.15, -0.1) is 0 Å². The van der Waals surface area contributed by atoms with Gasteiger partial charge in [0, 0.05) is 19.6 Å². The molecule has 1 saturated heterocycles. The first-order valence-corrected chi connectivity index (χ1v) is 7.91. The number of nitriles is 1. The molecule has 0 aromatic heterocycles. The summed E-state index contributed by atoms with van der Waals surface area (Å²) in [4.78, 5) is 0. The van der Waals surface area contributed by atoms with Gasteiger partial charge in [0.25, 0.3) is 0 Å². The van der Waals surface area contributed by atoms with Crippen molar-refractivity contribution in [3.05, 3.63) is 35.4 Å². The van der Waals surface area contributed by atoms with Gasteiger partial charge < -0.3 is 5.32 Å². The molecule has 1 aromatic carbocycles. The number of rotatable bonds is 3. The van der Waals surface area contributed by atoms with Crippen molar-refractivity contribution in [2.24, 2.45) is 0 Å². The number of nitrogens with one attached hydrogen (secondary N) is 1.